The summed E-state index contributed by atoms with van der Waals surface area (Å²) in [6.45, 7) is 3.05. The molecule has 138 valence electrons. The van der Waals surface area contributed by atoms with Gasteiger partial charge in [-0.15, -0.1) is 0 Å². The highest BCUT2D eigenvalue weighted by molar-refractivity contribution is 6.33. The third-order valence-corrected chi connectivity index (χ3v) is 4.95. The average molecular weight is 376 g/mol. The lowest BCUT2D eigenvalue weighted by Gasteiger charge is -2.32. The lowest BCUT2D eigenvalue weighted by molar-refractivity contribution is 0.115. The second kappa shape index (κ2) is 7.83. The molecule has 0 spiro atoms. The van der Waals surface area contributed by atoms with E-state index in [2.05, 4.69) is 5.32 Å². The number of carbonyl (C=O) groups excluding carboxylic acids is 1. The summed E-state index contributed by atoms with van der Waals surface area (Å²) in [5.41, 5.74) is 1.37. The number of aromatic nitrogens is 1. The molecular weight excluding hydrogens is 354 g/mol. The number of piperidine rings is 1. The normalized spacial score (nSPS) is 15.0. The number of hydrogen-bond donors (Lipinski definition) is 1. The Hall–Kier alpha value is -2.47. The van der Waals surface area contributed by atoms with Gasteiger partial charge in [-0.2, -0.15) is 0 Å². The second-order valence-corrected chi connectivity index (χ2v) is 6.85. The Balaban J connectivity index is 1.55. The van der Waals surface area contributed by atoms with Gasteiger partial charge in [0.05, 0.1) is 10.7 Å². The number of nitrogens with zero attached hydrogens (tertiary/aromatic N) is 2. The summed E-state index contributed by atoms with van der Waals surface area (Å²) in [7, 11) is 1.73. The third kappa shape index (κ3) is 4.19. The molecule has 0 bridgehead atoms. The number of carbonyl (C=O) groups is 1. The molecule has 0 unspecified atom stereocenters. The largest absolute Gasteiger partial charge is 0.490 e. The molecule has 26 heavy (non-hydrogen) atoms. The molecule has 1 N–H and O–H groups in total. The fraction of sp³-hybridized carbons (Fsp3) is 0.368. The number of nitrogens with one attached hydrogen (secondary N) is 1. The molecule has 0 atom stereocenters. The predicted molar refractivity (Wildman–Crippen MR) is 102 cm³/mol. The van der Waals surface area contributed by atoms with Crippen LogP contribution in [-0.2, 0) is 7.05 Å². The van der Waals surface area contributed by atoms with Crippen molar-refractivity contribution in [2.24, 2.45) is 7.05 Å². The monoisotopic (exact) mass is 375 g/mol. The number of anilines is 1. The van der Waals surface area contributed by atoms with Gasteiger partial charge in [-0.05, 0) is 25.1 Å². The van der Waals surface area contributed by atoms with Gasteiger partial charge in [-0.3, -0.25) is 4.79 Å². The van der Waals surface area contributed by atoms with Crippen molar-refractivity contribution in [1.82, 2.24) is 9.47 Å². The van der Waals surface area contributed by atoms with Crippen molar-refractivity contribution >= 4 is 23.3 Å². The molecule has 2 aromatic rings. The molecule has 7 heteroatoms. The summed E-state index contributed by atoms with van der Waals surface area (Å²) in [5, 5.41) is 3.35. The summed E-state index contributed by atoms with van der Waals surface area (Å²) >= 11 is 6.08. The van der Waals surface area contributed by atoms with E-state index < -0.39 is 0 Å². The zero-order valence-electron chi connectivity index (χ0n) is 14.9. The van der Waals surface area contributed by atoms with Crippen LogP contribution in [0.4, 0.5) is 10.5 Å². The molecule has 0 aliphatic carbocycles. The summed E-state index contributed by atoms with van der Waals surface area (Å²) in [6, 6.07) is 10.4. The van der Waals surface area contributed by atoms with Gasteiger partial charge in [-0.25, -0.2) is 4.79 Å². The highest BCUT2D eigenvalue weighted by atomic mass is 35.5. The van der Waals surface area contributed by atoms with Crippen LogP contribution in [0.5, 0.6) is 5.75 Å². The fourth-order valence-corrected chi connectivity index (χ4v) is 3.11. The van der Waals surface area contributed by atoms with E-state index in [9.17, 15) is 9.59 Å². The lowest BCUT2D eigenvalue weighted by atomic mass is 10.1. The molecule has 0 saturated carbocycles. The number of benzene rings is 1. The number of pyridine rings is 1. The van der Waals surface area contributed by atoms with Crippen LogP contribution in [-0.4, -0.2) is 34.7 Å². The maximum absolute atomic E-state index is 12.4. The molecule has 1 aromatic carbocycles. The van der Waals surface area contributed by atoms with Crippen molar-refractivity contribution in [3.05, 3.63) is 57.5 Å². The first kappa shape index (κ1) is 18.3. The van der Waals surface area contributed by atoms with Crippen LogP contribution >= 0.6 is 11.6 Å². The first-order valence-electron chi connectivity index (χ1n) is 8.59. The highest BCUT2D eigenvalue weighted by Gasteiger charge is 2.24. The average Bonchev–Trinajstić information content (AvgIpc) is 2.62. The molecule has 3 rings (SSSR count). The molecule has 1 aromatic heterocycles. The van der Waals surface area contributed by atoms with Gasteiger partial charge in [-0.1, -0.05) is 23.7 Å². The Morgan fingerprint density at radius 3 is 2.58 bits per heavy atom. The highest BCUT2D eigenvalue weighted by Crippen LogP contribution is 2.22. The number of aryl methyl sites for hydroxylation is 1. The lowest BCUT2D eigenvalue weighted by Crippen LogP contribution is -2.43. The van der Waals surface area contributed by atoms with Gasteiger partial charge in [0.2, 0.25) is 0 Å². The smallest absolute Gasteiger partial charge is 0.321 e. The van der Waals surface area contributed by atoms with Crippen LogP contribution in [0.2, 0.25) is 5.02 Å². The summed E-state index contributed by atoms with van der Waals surface area (Å²) < 4.78 is 7.52. The van der Waals surface area contributed by atoms with E-state index in [4.69, 9.17) is 16.3 Å². The van der Waals surface area contributed by atoms with Gasteiger partial charge >= 0.3 is 6.03 Å². The van der Waals surface area contributed by atoms with E-state index in [0.717, 1.165) is 5.69 Å². The molecule has 1 aliphatic rings. The SMILES string of the molecule is Cc1cc(OC2CCN(C(=O)Nc3ccccc3Cl)CC2)cc(=O)n1C. The first-order chi connectivity index (χ1) is 12.4. The second-order valence-electron chi connectivity index (χ2n) is 6.44. The minimum absolute atomic E-state index is 0.00845. The Labute approximate surface area is 157 Å². The molecule has 1 saturated heterocycles. The van der Waals surface area contributed by atoms with Gasteiger partial charge < -0.3 is 19.5 Å². The summed E-state index contributed by atoms with van der Waals surface area (Å²) in [5.74, 6) is 0.588. The van der Waals surface area contributed by atoms with E-state index in [1.807, 2.05) is 25.1 Å². The van der Waals surface area contributed by atoms with Crippen molar-refractivity contribution in [2.45, 2.75) is 25.9 Å². The van der Waals surface area contributed by atoms with Crippen LogP contribution in [0, 0.1) is 6.92 Å². The van der Waals surface area contributed by atoms with Crippen molar-refractivity contribution < 1.29 is 9.53 Å². The van der Waals surface area contributed by atoms with Crippen LogP contribution in [0.3, 0.4) is 0 Å². The molecule has 2 amide bonds. The fourth-order valence-electron chi connectivity index (χ4n) is 2.93. The third-order valence-electron chi connectivity index (χ3n) is 4.62. The van der Waals surface area contributed by atoms with Crippen molar-refractivity contribution in [1.29, 1.82) is 0 Å². The molecular formula is C19H22ClN3O3. The van der Waals surface area contributed by atoms with Crippen LogP contribution in [0.1, 0.15) is 18.5 Å². The molecule has 1 fully saturated rings. The van der Waals surface area contributed by atoms with Gasteiger partial charge in [0.15, 0.2) is 0 Å². The Morgan fingerprint density at radius 2 is 1.92 bits per heavy atom. The zero-order chi connectivity index (χ0) is 18.7. The number of urea groups is 1. The van der Waals surface area contributed by atoms with Crippen molar-refractivity contribution in [3.8, 4) is 5.75 Å². The minimum Gasteiger partial charge on any atom is -0.490 e. The minimum atomic E-state index is -0.166. The summed E-state index contributed by atoms with van der Waals surface area (Å²) in [4.78, 5) is 26.0. The molecule has 0 radical (unpaired) electrons. The number of hydrogen-bond acceptors (Lipinski definition) is 3. The standard InChI is InChI=1S/C19H22ClN3O3/c1-13-11-15(12-18(24)22(13)2)26-14-7-9-23(10-8-14)19(25)21-17-6-4-3-5-16(17)20/h3-6,11-12,14H,7-10H2,1-2H3,(H,21,25). The van der Waals surface area contributed by atoms with E-state index >= 15 is 0 Å². The van der Waals surface area contributed by atoms with Crippen molar-refractivity contribution in [2.75, 3.05) is 18.4 Å². The Morgan fingerprint density at radius 1 is 1.23 bits per heavy atom. The van der Waals surface area contributed by atoms with Gasteiger partial charge in [0, 0.05) is 44.7 Å². The molecule has 1 aliphatic heterocycles. The maximum Gasteiger partial charge on any atom is 0.321 e. The number of rotatable bonds is 3. The number of para-hydroxylation sites is 1. The zero-order valence-corrected chi connectivity index (χ0v) is 15.6. The van der Waals surface area contributed by atoms with E-state index in [-0.39, 0.29) is 17.7 Å². The van der Waals surface area contributed by atoms with Crippen LogP contribution in [0.25, 0.3) is 0 Å². The Kier molecular flexibility index (Phi) is 5.52. The number of halogens is 1. The topological polar surface area (TPSA) is 63.6 Å². The number of likely N-dealkylation sites (tertiary alicyclic amines) is 1. The summed E-state index contributed by atoms with van der Waals surface area (Å²) in [6.07, 6.45) is 1.42. The van der Waals surface area contributed by atoms with Crippen molar-refractivity contribution in [3.63, 3.8) is 0 Å². The van der Waals surface area contributed by atoms with Gasteiger partial charge in [0.1, 0.15) is 11.9 Å². The Bertz CT molecular complexity index is 857. The molecule has 2 heterocycles. The van der Waals surface area contributed by atoms with Gasteiger partial charge in [0.25, 0.3) is 5.56 Å². The number of amides is 2. The predicted octanol–water partition coefficient (Wildman–Crippen LogP) is 3.42. The first-order valence-corrected chi connectivity index (χ1v) is 8.96. The molecule has 6 nitrogen and oxygen atoms in total. The van der Waals surface area contributed by atoms with E-state index in [1.165, 1.54) is 6.07 Å². The van der Waals surface area contributed by atoms with Crippen LogP contribution in [0.15, 0.2) is 41.2 Å². The number of ether oxygens (including phenoxy) is 1. The maximum atomic E-state index is 12.4. The van der Waals surface area contributed by atoms with E-state index in [1.54, 1.807) is 28.6 Å². The quantitative estimate of drug-likeness (QED) is 0.894. The van der Waals surface area contributed by atoms with E-state index in [0.29, 0.717) is 42.4 Å². The van der Waals surface area contributed by atoms with Crippen LogP contribution < -0.4 is 15.6 Å².